The van der Waals surface area contributed by atoms with Crippen molar-refractivity contribution in [3.05, 3.63) is 75.6 Å². The van der Waals surface area contributed by atoms with Crippen LogP contribution in [0.3, 0.4) is 0 Å². The van der Waals surface area contributed by atoms with E-state index < -0.39 is 5.97 Å². The van der Waals surface area contributed by atoms with Crippen LogP contribution >= 0.6 is 22.9 Å². The van der Waals surface area contributed by atoms with E-state index in [-0.39, 0.29) is 5.91 Å². The first-order valence-corrected chi connectivity index (χ1v) is 9.09. The number of aryl methyl sites for hydroxylation is 1. The molecule has 3 rings (SSSR count). The lowest BCUT2D eigenvalue weighted by molar-refractivity contribution is 0.0603. The molecule has 0 saturated heterocycles. The lowest BCUT2D eigenvalue weighted by atomic mass is 10.0. The van der Waals surface area contributed by atoms with E-state index in [1.807, 2.05) is 36.6 Å². The maximum absolute atomic E-state index is 12.5. The Morgan fingerprint density at radius 3 is 2.42 bits per heavy atom. The number of ether oxygens (including phenoxy) is 1. The fourth-order valence-electron chi connectivity index (χ4n) is 2.52. The molecule has 2 aromatic carbocycles. The van der Waals surface area contributed by atoms with Gasteiger partial charge in [0.1, 0.15) is 10.6 Å². The SMILES string of the molecule is COC(=O)c1c(-c2ccc(C)cc2)csc1NC(=O)c1ccccc1Cl. The Kier molecular flexibility index (Phi) is 5.40. The number of rotatable bonds is 4. The number of halogens is 1. The van der Waals surface area contributed by atoms with E-state index in [2.05, 4.69) is 5.32 Å². The van der Waals surface area contributed by atoms with Crippen molar-refractivity contribution < 1.29 is 14.3 Å². The number of carbonyl (C=O) groups is 2. The Morgan fingerprint density at radius 2 is 1.77 bits per heavy atom. The molecule has 1 N–H and O–H groups in total. The summed E-state index contributed by atoms with van der Waals surface area (Å²) in [5.41, 5.74) is 3.40. The number of esters is 1. The van der Waals surface area contributed by atoms with E-state index in [1.165, 1.54) is 18.4 Å². The molecule has 0 fully saturated rings. The Balaban J connectivity index is 2.00. The predicted molar refractivity (Wildman–Crippen MR) is 105 cm³/mol. The molecule has 26 heavy (non-hydrogen) atoms. The maximum Gasteiger partial charge on any atom is 0.341 e. The van der Waals surface area contributed by atoms with Crippen LogP contribution in [0.1, 0.15) is 26.3 Å². The standard InChI is InChI=1S/C20H16ClNO3S/c1-12-7-9-13(10-8-12)15-11-26-19(17(15)20(24)25-2)22-18(23)14-5-3-4-6-16(14)21/h3-11H,1-2H3,(H,22,23). The van der Waals surface area contributed by atoms with Gasteiger partial charge in [0.05, 0.1) is 17.7 Å². The number of anilines is 1. The van der Waals surface area contributed by atoms with Crippen LogP contribution in [0.2, 0.25) is 5.02 Å². The summed E-state index contributed by atoms with van der Waals surface area (Å²) < 4.78 is 4.92. The molecule has 0 saturated carbocycles. The largest absolute Gasteiger partial charge is 0.465 e. The minimum atomic E-state index is -0.503. The maximum atomic E-state index is 12.5. The average molecular weight is 386 g/mol. The first-order chi connectivity index (χ1) is 12.5. The Labute approximate surface area is 160 Å². The van der Waals surface area contributed by atoms with Gasteiger partial charge in [0.25, 0.3) is 5.91 Å². The molecule has 0 aliphatic heterocycles. The Morgan fingerprint density at radius 1 is 1.08 bits per heavy atom. The summed E-state index contributed by atoms with van der Waals surface area (Å²) in [7, 11) is 1.32. The van der Waals surface area contributed by atoms with E-state index in [1.54, 1.807) is 24.3 Å². The summed E-state index contributed by atoms with van der Waals surface area (Å²) in [6, 6.07) is 14.6. The Hall–Kier alpha value is -2.63. The van der Waals surface area contributed by atoms with Crippen LogP contribution < -0.4 is 5.32 Å². The number of hydrogen-bond acceptors (Lipinski definition) is 4. The molecule has 6 heteroatoms. The summed E-state index contributed by atoms with van der Waals surface area (Å²) >= 11 is 7.35. The minimum Gasteiger partial charge on any atom is -0.465 e. The molecule has 0 aliphatic rings. The van der Waals surface area contributed by atoms with E-state index in [0.29, 0.717) is 21.2 Å². The van der Waals surface area contributed by atoms with Crippen molar-refractivity contribution in [3.8, 4) is 11.1 Å². The summed E-state index contributed by atoms with van der Waals surface area (Å²) in [6.07, 6.45) is 0. The van der Waals surface area contributed by atoms with Gasteiger partial charge >= 0.3 is 5.97 Å². The zero-order valence-corrected chi connectivity index (χ0v) is 15.8. The minimum absolute atomic E-state index is 0.335. The topological polar surface area (TPSA) is 55.4 Å². The lowest BCUT2D eigenvalue weighted by Crippen LogP contribution is -2.14. The number of amides is 1. The molecule has 0 unspecified atom stereocenters. The molecule has 0 bridgehead atoms. The van der Waals surface area contributed by atoms with Crippen molar-refractivity contribution in [2.75, 3.05) is 12.4 Å². The second-order valence-corrected chi connectivity index (χ2v) is 6.93. The third-order valence-corrected chi connectivity index (χ3v) is 5.11. The first kappa shape index (κ1) is 18.2. The monoisotopic (exact) mass is 385 g/mol. The van der Waals surface area contributed by atoms with E-state index in [4.69, 9.17) is 16.3 Å². The van der Waals surface area contributed by atoms with Gasteiger partial charge in [-0.05, 0) is 24.6 Å². The van der Waals surface area contributed by atoms with Gasteiger partial charge in [0.15, 0.2) is 0 Å². The van der Waals surface area contributed by atoms with Crippen molar-refractivity contribution >= 4 is 39.8 Å². The number of hydrogen-bond donors (Lipinski definition) is 1. The molecule has 132 valence electrons. The van der Waals surface area contributed by atoms with Gasteiger partial charge in [-0.15, -0.1) is 11.3 Å². The molecule has 0 radical (unpaired) electrons. The zero-order valence-electron chi connectivity index (χ0n) is 14.2. The van der Waals surface area contributed by atoms with Crippen LogP contribution in [-0.4, -0.2) is 19.0 Å². The fourth-order valence-corrected chi connectivity index (χ4v) is 3.69. The predicted octanol–water partition coefficient (Wildman–Crippen LogP) is 5.42. The van der Waals surface area contributed by atoms with Crippen molar-refractivity contribution in [1.29, 1.82) is 0 Å². The lowest BCUT2D eigenvalue weighted by Gasteiger charge is -2.09. The summed E-state index contributed by atoms with van der Waals surface area (Å²) in [6.45, 7) is 1.99. The van der Waals surface area contributed by atoms with Crippen molar-refractivity contribution in [2.45, 2.75) is 6.92 Å². The molecule has 4 nitrogen and oxygen atoms in total. The fraction of sp³-hybridized carbons (Fsp3) is 0.100. The third-order valence-electron chi connectivity index (χ3n) is 3.89. The molecular weight excluding hydrogens is 370 g/mol. The second-order valence-electron chi connectivity index (χ2n) is 5.65. The summed E-state index contributed by atoms with van der Waals surface area (Å²) in [5.74, 6) is -0.880. The molecule has 0 spiro atoms. The van der Waals surface area contributed by atoms with Crippen molar-refractivity contribution in [3.63, 3.8) is 0 Å². The number of methoxy groups -OCH3 is 1. The van der Waals surface area contributed by atoms with Crippen molar-refractivity contribution in [1.82, 2.24) is 0 Å². The molecule has 0 atom stereocenters. The quantitative estimate of drug-likeness (QED) is 0.610. The molecular formula is C20H16ClNO3S. The number of benzene rings is 2. The summed E-state index contributed by atoms with van der Waals surface area (Å²) in [5, 5.41) is 5.39. The smallest absolute Gasteiger partial charge is 0.341 e. The van der Waals surface area contributed by atoms with Crippen LogP contribution in [-0.2, 0) is 4.74 Å². The number of thiophene rings is 1. The molecule has 0 aliphatic carbocycles. The normalized spacial score (nSPS) is 10.4. The summed E-state index contributed by atoms with van der Waals surface area (Å²) in [4.78, 5) is 24.9. The number of carbonyl (C=O) groups excluding carboxylic acids is 2. The van der Waals surface area contributed by atoms with Crippen LogP contribution in [0.25, 0.3) is 11.1 Å². The van der Waals surface area contributed by atoms with Gasteiger partial charge in [0, 0.05) is 10.9 Å². The average Bonchev–Trinajstić information content (AvgIpc) is 3.05. The van der Waals surface area contributed by atoms with Gasteiger partial charge in [-0.1, -0.05) is 53.6 Å². The second kappa shape index (κ2) is 7.72. The highest BCUT2D eigenvalue weighted by Crippen LogP contribution is 2.36. The van der Waals surface area contributed by atoms with Crippen LogP contribution in [0.4, 0.5) is 5.00 Å². The number of nitrogens with one attached hydrogen (secondary N) is 1. The highest BCUT2D eigenvalue weighted by molar-refractivity contribution is 7.15. The van der Waals surface area contributed by atoms with Crippen LogP contribution in [0.5, 0.6) is 0 Å². The van der Waals surface area contributed by atoms with Gasteiger partial charge in [-0.25, -0.2) is 4.79 Å². The first-order valence-electron chi connectivity index (χ1n) is 7.84. The van der Waals surface area contributed by atoms with E-state index in [0.717, 1.165) is 16.7 Å². The van der Waals surface area contributed by atoms with Gasteiger partial charge in [-0.2, -0.15) is 0 Å². The Bertz CT molecular complexity index is 963. The van der Waals surface area contributed by atoms with Gasteiger partial charge < -0.3 is 10.1 Å². The molecule has 3 aromatic rings. The van der Waals surface area contributed by atoms with E-state index >= 15 is 0 Å². The molecule has 1 heterocycles. The van der Waals surface area contributed by atoms with Gasteiger partial charge in [-0.3, -0.25) is 4.79 Å². The van der Waals surface area contributed by atoms with Gasteiger partial charge in [0.2, 0.25) is 0 Å². The highest BCUT2D eigenvalue weighted by atomic mass is 35.5. The zero-order chi connectivity index (χ0) is 18.7. The van der Waals surface area contributed by atoms with Crippen LogP contribution in [0, 0.1) is 6.92 Å². The highest BCUT2D eigenvalue weighted by Gasteiger charge is 2.23. The van der Waals surface area contributed by atoms with Crippen LogP contribution in [0.15, 0.2) is 53.9 Å². The molecule has 1 amide bonds. The third kappa shape index (κ3) is 3.64. The van der Waals surface area contributed by atoms with Crippen molar-refractivity contribution in [2.24, 2.45) is 0 Å². The molecule has 1 aromatic heterocycles. The van der Waals surface area contributed by atoms with E-state index in [9.17, 15) is 9.59 Å².